The van der Waals surface area contributed by atoms with Gasteiger partial charge in [0.2, 0.25) is 5.91 Å². The van der Waals surface area contributed by atoms with Gasteiger partial charge in [0.25, 0.3) is 0 Å². The zero-order valence-corrected chi connectivity index (χ0v) is 19.8. The van der Waals surface area contributed by atoms with Crippen LogP contribution in [0.2, 0.25) is 0 Å². The summed E-state index contributed by atoms with van der Waals surface area (Å²) >= 11 is 3.25. The molecule has 1 saturated heterocycles. The van der Waals surface area contributed by atoms with Crippen molar-refractivity contribution in [3.63, 3.8) is 0 Å². The third-order valence-electron chi connectivity index (χ3n) is 5.11. The fourth-order valence-electron chi connectivity index (χ4n) is 3.53. The molecule has 1 fully saturated rings. The van der Waals surface area contributed by atoms with E-state index in [9.17, 15) is 9.18 Å². The number of methoxy groups -OCH3 is 1. The summed E-state index contributed by atoms with van der Waals surface area (Å²) in [6.07, 6.45) is 3.71. The van der Waals surface area contributed by atoms with E-state index in [-0.39, 0.29) is 18.3 Å². The Balaban J connectivity index is 0.00000289. The summed E-state index contributed by atoms with van der Waals surface area (Å²) in [5, 5.41) is 3.70. The Bertz CT molecular complexity index is 1120. The van der Waals surface area contributed by atoms with Gasteiger partial charge in [-0.15, -0.1) is 12.4 Å². The van der Waals surface area contributed by atoms with Crippen molar-refractivity contribution in [2.24, 2.45) is 0 Å². The molecular weight excluding hydrogens is 503 g/mol. The Hall–Kier alpha value is -2.65. The zero-order chi connectivity index (χ0) is 21.8. The van der Waals surface area contributed by atoms with E-state index in [1.807, 2.05) is 4.90 Å². The van der Waals surface area contributed by atoms with Crippen molar-refractivity contribution in [2.75, 3.05) is 32.1 Å². The van der Waals surface area contributed by atoms with E-state index in [2.05, 4.69) is 31.2 Å². The Labute approximate surface area is 199 Å². The lowest BCUT2D eigenvalue weighted by Gasteiger charge is -2.17. The first-order valence-corrected chi connectivity index (χ1v) is 10.8. The molecule has 0 atom stereocenters. The normalized spacial score (nSPS) is 13.2. The number of hydrogen-bond acceptors (Lipinski definition) is 6. The Morgan fingerprint density at radius 2 is 2.06 bits per heavy atom. The predicted octanol–water partition coefficient (Wildman–Crippen LogP) is 5.10. The summed E-state index contributed by atoms with van der Waals surface area (Å²) in [5.74, 6) is 1.36. The van der Waals surface area contributed by atoms with Crippen LogP contribution in [0.5, 0.6) is 11.5 Å². The summed E-state index contributed by atoms with van der Waals surface area (Å²) in [6, 6.07) is 8.31. The van der Waals surface area contributed by atoms with Gasteiger partial charge >= 0.3 is 0 Å². The lowest BCUT2D eigenvalue weighted by atomic mass is 10.2. The van der Waals surface area contributed by atoms with Gasteiger partial charge in [-0.25, -0.2) is 14.4 Å². The number of aromatic nitrogens is 2. The van der Waals surface area contributed by atoms with Crippen molar-refractivity contribution >= 4 is 56.7 Å². The van der Waals surface area contributed by atoms with Gasteiger partial charge in [0.1, 0.15) is 18.0 Å². The summed E-state index contributed by atoms with van der Waals surface area (Å²) in [4.78, 5) is 22.2. The molecule has 1 aliphatic heterocycles. The van der Waals surface area contributed by atoms with Crippen LogP contribution in [0, 0.1) is 5.82 Å². The molecule has 2 aromatic carbocycles. The van der Waals surface area contributed by atoms with E-state index in [0.29, 0.717) is 58.0 Å². The molecular formula is C22H23BrClFN4O3. The maximum atomic E-state index is 14.2. The zero-order valence-electron chi connectivity index (χ0n) is 17.4. The first-order valence-electron chi connectivity index (χ1n) is 10.0. The van der Waals surface area contributed by atoms with E-state index in [0.717, 1.165) is 19.4 Å². The number of likely N-dealkylation sites (tertiary alicyclic amines) is 1. The minimum Gasteiger partial charge on any atom is -0.493 e. The molecule has 0 aliphatic carbocycles. The monoisotopic (exact) mass is 524 g/mol. The van der Waals surface area contributed by atoms with Crippen LogP contribution in [0.1, 0.15) is 19.3 Å². The van der Waals surface area contributed by atoms with Gasteiger partial charge in [-0.1, -0.05) is 15.9 Å². The number of halogens is 3. The van der Waals surface area contributed by atoms with Crippen LogP contribution >= 0.6 is 28.3 Å². The molecule has 1 aromatic heterocycles. The molecule has 1 N–H and O–H groups in total. The Kier molecular flexibility index (Phi) is 8.09. The van der Waals surface area contributed by atoms with E-state index < -0.39 is 5.82 Å². The lowest BCUT2D eigenvalue weighted by molar-refractivity contribution is -0.127. The average molecular weight is 526 g/mol. The van der Waals surface area contributed by atoms with Crippen LogP contribution in [-0.4, -0.2) is 47.6 Å². The van der Waals surface area contributed by atoms with Gasteiger partial charge < -0.3 is 19.7 Å². The van der Waals surface area contributed by atoms with Crippen LogP contribution in [0.4, 0.5) is 15.9 Å². The van der Waals surface area contributed by atoms with E-state index >= 15 is 0 Å². The van der Waals surface area contributed by atoms with Crippen molar-refractivity contribution in [1.82, 2.24) is 14.9 Å². The van der Waals surface area contributed by atoms with Gasteiger partial charge in [-0.05, 0) is 37.1 Å². The second-order valence-corrected chi connectivity index (χ2v) is 8.09. The minimum absolute atomic E-state index is 0. The first kappa shape index (κ1) is 24.0. The largest absolute Gasteiger partial charge is 0.493 e. The van der Waals surface area contributed by atoms with Crippen molar-refractivity contribution in [1.29, 1.82) is 0 Å². The standard InChI is InChI=1S/C22H22BrFN4O3.ClH/c1-30-19-11-15-18(12-20(19)31-9-3-8-28-7-2-4-21(28)29)25-13-26-22(15)27-17-6-5-14(23)10-16(17)24;/h5-6,10-13H,2-4,7-9H2,1H3,(H,25,26,27);1H. The molecule has 0 saturated carbocycles. The molecule has 1 amide bonds. The van der Waals surface area contributed by atoms with Crippen LogP contribution in [-0.2, 0) is 4.79 Å². The molecule has 0 unspecified atom stereocenters. The van der Waals surface area contributed by atoms with Crippen LogP contribution in [0.15, 0.2) is 41.1 Å². The number of amides is 1. The van der Waals surface area contributed by atoms with Crippen molar-refractivity contribution < 1.29 is 18.7 Å². The molecule has 10 heteroatoms. The number of carbonyl (C=O) groups excluding carboxylic acids is 1. The molecule has 170 valence electrons. The Morgan fingerprint density at radius 1 is 1.22 bits per heavy atom. The average Bonchev–Trinajstić information content (AvgIpc) is 3.17. The molecule has 32 heavy (non-hydrogen) atoms. The summed E-state index contributed by atoms with van der Waals surface area (Å²) in [5.41, 5.74) is 0.944. The topological polar surface area (TPSA) is 76.6 Å². The number of carbonyl (C=O) groups is 1. The quantitative estimate of drug-likeness (QED) is 0.413. The number of nitrogens with one attached hydrogen (secondary N) is 1. The number of benzene rings is 2. The smallest absolute Gasteiger partial charge is 0.222 e. The van der Waals surface area contributed by atoms with Crippen LogP contribution < -0.4 is 14.8 Å². The summed E-state index contributed by atoms with van der Waals surface area (Å²) < 4.78 is 26.3. The second-order valence-electron chi connectivity index (χ2n) is 7.18. The van der Waals surface area contributed by atoms with Gasteiger partial charge in [0.05, 0.1) is 24.9 Å². The number of nitrogens with zero attached hydrogens (tertiary/aromatic N) is 3. The maximum absolute atomic E-state index is 14.2. The molecule has 1 aliphatic rings. The van der Waals surface area contributed by atoms with E-state index in [4.69, 9.17) is 9.47 Å². The SMILES string of the molecule is COc1cc2c(Nc3ccc(Br)cc3F)ncnc2cc1OCCCN1CCCC1=O.Cl. The van der Waals surface area contributed by atoms with E-state index in [1.165, 1.54) is 12.4 Å². The lowest BCUT2D eigenvalue weighted by Crippen LogP contribution is -2.26. The first-order chi connectivity index (χ1) is 15.0. The number of rotatable bonds is 8. The van der Waals surface area contributed by atoms with Crippen LogP contribution in [0.3, 0.4) is 0 Å². The Morgan fingerprint density at radius 3 is 2.78 bits per heavy atom. The maximum Gasteiger partial charge on any atom is 0.222 e. The number of hydrogen-bond donors (Lipinski definition) is 1. The second kappa shape index (κ2) is 10.8. The highest BCUT2D eigenvalue weighted by molar-refractivity contribution is 9.10. The fourth-order valence-corrected chi connectivity index (χ4v) is 3.87. The molecule has 0 spiro atoms. The van der Waals surface area contributed by atoms with Crippen LogP contribution in [0.25, 0.3) is 10.9 Å². The van der Waals surface area contributed by atoms with Gasteiger partial charge in [0.15, 0.2) is 11.5 Å². The third-order valence-corrected chi connectivity index (χ3v) is 5.60. The summed E-state index contributed by atoms with van der Waals surface area (Å²) in [7, 11) is 1.56. The van der Waals surface area contributed by atoms with Gasteiger partial charge in [-0.3, -0.25) is 4.79 Å². The molecule has 7 nitrogen and oxygen atoms in total. The highest BCUT2D eigenvalue weighted by Gasteiger charge is 2.19. The van der Waals surface area contributed by atoms with Gasteiger partial charge in [0, 0.05) is 35.4 Å². The number of anilines is 2. The highest BCUT2D eigenvalue weighted by Crippen LogP contribution is 2.35. The predicted molar refractivity (Wildman–Crippen MR) is 127 cm³/mol. The molecule has 3 aromatic rings. The molecule has 0 bridgehead atoms. The molecule has 2 heterocycles. The van der Waals surface area contributed by atoms with Crippen molar-refractivity contribution in [3.05, 3.63) is 46.9 Å². The minimum atomic E-state index is -0.399. The molecule has 4 rings (SSSR count). The highest BCUT2D eigenvalue weighted by atomic mass is 79.9. The number of ether oxygens (including phenoxy) is 2. The van der Waals surface area contributed by atoms with Crippen molar-refractivity contribution in [3.8, 4) is 11.5 Å². The van der Waals surface area contributed by atoms with Gasteiger partial charge in [-0.2, -0.15) is 0 Å². The number of fused-ring (bicyclic) bond motifs is 1. The fraction of sp³-hybridized carbons (Fsp3) is 0.318. The summed E-state index contributed by atoms with van der Waals surface area (Å²) in [6.45, 7) is 1.96. The molecule has 0 radical (unpaired) electrons. The van der Waals surface area contributed by atoms with Crippen molar-refractivity contribution in [2.45, 2.75) is 19.3 Å². The van der Waals surface area contributed by atoms with E-state index in [1.54, 1.807) is 31.4 Å². The third kappa shape index (κ3) is 5.39.